The van der Waals surface area contributed by atoms with Crippen molar-refractivity contribution in [2.24, 2.45) is 4.99 Å². The standard InChI is InChI=1S/C31H21N5O3S/c32-19-25-27(20-10-4-1-5-11-20)24-17-16-23(37)18-26(24)39-29(25)34-31-36(22-14-8-3-9-15-22)35-30(40-31)28(38)33-21-12-6-2-7-13-21/h1-18,27,37H,(H,33,38)/b34-31-. The molecule has 0 fully saturated rings. The van der Waals surface area contributed by atoms with Crippen LogP contribution in [0.3, 0.4) is 0 Å². The van der Waals surface area contributed by atoms with Gasteiger partial charge in [-0.3, -0.25) is 4.79 Å². The first kappa shape index (κ1) is 24.9. The van der Waals surface area contributed by atoms with E-state index in [4.69, 9.17) is 9.73 Å². The Labute approximate surface area is 233 Å². The van der Waals surface area contributed by atoms with Crippen LogP contribution in [0.4, 0.5) is 5.69 Å². The molecule has 0 saturated carbocycles. The van der Waals surface area contributed by atoms with Gasteiger partial charge in [-0.15, -0.1) is 5.10 Å². The van der Waals surface area contributed by atoms with Crippen LogP contribution in [0.15, 0.2) is 126 Å². The fraction of sp³-hybridized carbons (Fsp3) is 0.0323. The summed E-state index contributed by atoms with van der Waals surface area (Å²) in [5.74, 6) is -0.364. The molecule has 194 valence electrons. The number of nitrogens with one attached hydrogen (secondary N) is 1. The average molecular weight is 544 g/mol. The summed E-state index contributed by atoms with van der Waals surface area (Å²) in [4.78, 5) is 18.2. The number of nitrogens with zero attached hydrogens (tertiary/aromatic N) is 4. The summed E-state index contributed by atoms with van der Waals surface area (Å²) in [6, 6.07) is 35.1. The maximum Gasteiger partial charge on any atom is 0.286 e. The Morgan fingerprint density at radius 1 is 0.975 bits per heavy atom. The van der Waals surface area contributed by atoms with Crippen molar-refractivity contribution < 1.29 is 14.6 Å². The summed E-state index contributed by atoms with van der Waals surface area (Å²) in [6.45, 7) is 0. The van der Waals surface area contributed by atoms with E-state index in [-0.39, 0.29) is 22.5 Å². The summed E-state index contributed by atoms with van der Waals surface area (Å²) >= 11 is 1.07. The molecule has 4 aromatic carbocycles. The predicted molar refractivity (Wildman–Crippen MR) is 151 cm³/mol. The Balaban J connectivity index is 1.52. The molecule has 0 spiro atoms. The third kappa shape index (κ3) is 4.87. The number of ether oxygens (including phenoxy) is 1. The highest BCUT2D eigenvalue weighted by molar-refractivity contribution is 7.11. The maximum atomic E-state index is 13.1. The van der Waals surface area contributed by atoms with Gasteiger partial charge in [-0.25, -0.2) is 4.68 Å². The molecule has 1 unspecified atom stereocenters. The van der Waals surface area contributed by atoms with E-state index in [1.165, 1.54) is 6.07 Å². The van der Waals surface area contributed by atoms with Crippen LogP contribution >= 0.6 is 11.3 Å². The number of phenols is 1. The highest BCUT2D eigenvalue weighted by Gasteiger charge is 2.32. The van der Waals surface area contributed by atoms with Crippen LogP contribution in [-0.2, 0) is 0 Å². The number of aromatic nitrogens is 2. The third-order valence-corrected chi connectivity index (χ3v) is 7.18. The molecule has 1 aliphatic heterocycles. The van der Waals surface area contributed by atoms with Crippen LogP contribution in [0, 0.1) is 11.3 Å². The number of aromatic hydroxyl groups is 1. The topological polar surface area (TPSA) is 113 Å². The molecule has 2 N–H and O–H groups in total. The van der Waals surface area contributed by atoms with Crippen molar-refractivity contribution in [3.63, 3.8) is 0 Å². The largest absolute Gasteiger partial charge is 0.508 e. The van der Waals surface area contributed by atoms with Crippen molar-refractivity contribution in [2.75, 3.05) is 5.32 Å². The fourth-order valence-electron chi connectivity index (χ4n) is 4.45. The zero-order valence-corrected chi connectivity index (χ0v) is 21.7. The van der Waals surface area contributed by atoms with Gasteiger partial charge < -0.3 is 15.2 Å². The molecule has 0 radical (unpaired) electrons. The lowest BCUT2D eigenvalue weighted by Crippen LogP contribution is -2.20. The Morgan fingerprint density at radius 2 is 1.65 bits per heavy atom. The number of benzene rings is 4. The van der Waals surface area contributed by atoms with E-state index >= 15 is 0 Å². The number of carbonyl (C=O) groups excluding carboxylic acids is 1. The summed E-state index contributed by atoms with van der Waals surface area (Å²) < 4.78 is 7.67. The number of fused-ring (bicyclic) bond motifs is 1. The van der Waals surface area contributed by atoms with Crippen molar-refractivity contribution in [2.45, 2.75) is 5.92 Å². The second-order valence-electron chi connectivity index (χ2n) is 8.87. The quantitative estimate of drug-likeness (QED) is 0.293. The van der Waals surface area contributed by atoms with Gasteiger partial charge in [0.1, 0.15) is 23.1 Å². The third-order valence-electron chi connectivity index (χ3n) is 6.27. The maximum absolute atomic E-state index is 13.1. The van der Waals surface area contributed by atoms with Crippen LogP contribution in [-0.4, -0.2) is 20.8 Å². The summed E-state index contributed by atoms with van der Waals surface area (Å²) in [7, 11) is 0. The van der Waals surface area contributed by atoms with E-state index in [0.29, 0.717) is 27.5 Å². The highest BCUT2D eigenvalue weighted by atomic mass is 32.1. The number of rotatable bonds is 5. The minimum Gasteiger partial charge on any atom is -0.508 e. The van der Waals surface area contributed by atoms with Gasteiger partial charge in [-0.1, -0.05) is 84.1 Å². The fourth-order valence-corrected chi connectivity index (χ4v) is 5.25. The van der Waals surface area contributed by atoms with E-state index in [0.717, 1.165) is 22.5 Å². The lowest BCUT2D eigenvalue weighted by Gasteiger charge is -2.26. The van der Waals surface area contributed by atoms with Crippen LogP contribution in [0.2, 0.25) is 0 Å². The summed E-state index contributed by atoms with van der Waals surface area (Å²) in [6.07, 6.45) is 0. The molecule has 0 aliphatic carbocycles. The van der Waals surface area contributed by atoms with E-state index in [9.17, 15) is 15.2 Å². The zero-order chi connectivity index (χ0) is 27.5. The van der Waals surface area contributed by atoms with Gasteiger partial charge >= 0.3 is 0 Å². The highest BCUT2D eigenvalue weighted by Crippen LogP contribution is 2.44. The van der Waals surface area contributed by atoms with Crippen molar-refractivity contribution in [3.8, 4) is 23.3 Å². The molecule has 2 heterocycles. The molecule has 1 atom stereocenters. The minimum absolute atomic E-state index is 0.0299. The van der Waals surface area contributed by atoms with Gasteiger partial charge in [-0.2, -0.15) is 10.3 Å². The molecule has 1 amide bonds. The number of phenolic OH excluding ortho intramolecular Hbond substituents is 1. The monoisotopic (exact) mass is 543 g/mol. The average Bonchev–Trinajstić information content (AvgIpc) is 3.42. The van der Waals surface area contributed by atoms with Crippen LogP contribution in [0.1, 0.15) is 26.8 Å². The zero-order valence-electron chi connectivity index (χ0n) is 20.9. The number of para-hydroxylation sites is 2. The van der Waals surface area contributed by atoms with Crippen LogP contribution < -0.4 is 14.9 Å². The number of carbonyl (C=O) groups is 1. The smallest absolute Gasteiger partial charge is 0.286 e. The van der Waals surface area contributed by atoms with E-state index < -0.39 is 5.92 Å². The van der Waals surface area contributed by atoms with Gasteiger partial charge in [0, 0.05) is 17.3 Å². The first-order valence-corrected chi connectivity index (χ1v) is 13.2. The molecule has 0 saturated heterocycles. The summed E-state index contributed by atoms with van der Waals surface area (Å²) in [5.41, 5.74) is 3.24. The van der Waals surface area contributed by atoms with E-state index in [1.54, 1.807) is 28.9 Å². The second kappa shape index (κ2) is 10.7. The lowest BCUT2D eigenvalue weighted by atomic mass is 9.83. The lowest BCUT2D eigenvalue weighted by molar-refractivity contribution is 0.102. The summed E-state index contributed by atoms with van der Waals surface area (Å²) in [5, 5.41) is 28.1. The number of anilines is 1. The molecule has 1 aliphatic rings. The van der Waals surface area contributed by atoms with Gasteiger partial charge in [0.25, 0.3) is 5.91 Å². The number of nitriles is 1. The van der Waals surface area contributed by atoms with E-state index in [1.807, 2.05) is 78.9 Å². The number of allylic oxidation sites excluding steroid dienone is 1. The van der Waals surface area contributed by atoms with Crippen molar-refractivity contribution in [1.82, 2.24) is 9.78 Å². The second-order valence-corrected chi connectivity index (χ2v) is 9.82. The Morgan fingerprint density at radius 3 is 2.35 bits per heavy atom. The minimum atomic E-state index is -0.465. The van der Waals surface area contributed by atoms with Crippen LogP contribution in [0.25, 0.3) is 5.69 Å². The molecule has 1 aromatic heterocycles. The number of amides is 1. The molecule has 40 heavy (non-hydrogen) atoms. The molecular weight excluding hydrogens is 522 g/mol. The molecule has 0 bridgehead atoms. The Hall–Kier alpha value is -5.46. The van der Waals surface area contributed by atoms with Crippen molar-refractivity contribution in [3.05, 3.63) is 142 Å². The first-order valence-electron chi connectivity index (χ1n) is 12.4. The van der Waals surface area contributed by atoms with Gasteiger partial charge in [-0.05, 0) is 35.9 Å². The normalized spacial score (nSPS) is 14.7. The van der Waals surface area contributed by atoms with Crippen molar-refractivity contribution >= 4 is 22.9 Å². The Kier molecular flexibility index (Phi) is 6.66. The molecule has 5 aromatic rings. The molecular formula is C31H21N5O3S. The molecule has 8 nitrogen and oxygen atoms in total. The first-order chi connectivity index (χ1) is 19.6. The van der Waals surface area contributed by atoms with E-state index in [2.05, 4.69) is 16.5 Å². The van der Waals surface area contributed by atoms with Crippen LogP contribution in [0.5, 0.6) is 11.5 Å². The molecule has 9 heteroatoms. The predicted octanol–water partition coefficient (Wildman–Crippen LogP) is 5.75. The van der Waals surface area contributed by atoms with Gasteiger partial charge in [0.05, 0.1) is 11.6 Å². The van der Waals surface area contributed by atoms with Gasteiger partial charge in [0.2, 0.25) is 15.7 Å². The number of hydrogen-bond acceptors (Lipinski definition) is 7. The number of hydrogen-bond donors (Lipinski definition) is 2. The SMILES string of the molecule is N#CC1=C(/N=c2\sc(C(=O)Nc3ccccc3)nn2-c2ccccc2)Oc2cc(O)ccc2C1c1ccccc1. The van der Waals surface area contributed by atoms with Crippen molar-refractivity contribution in [1.29, 1.82) is 5.26 Å². The molecule has 6 rings (SSSR count). The Bertz CT molecular complexity index is 1840. The van der Waals surface area contributed by atoms with Gasteiger partial charge in [0.15, 0.2) is 0 Å².